The van der Waals surface area contributed by atoms with Crippen LogP contribution in [-0.2, 0) is 9.47 Å². The zero-order valence-corrected chi connectivity index (χ0v) is 16.9. The number of nitrogens with zero attached hydrogens (tertiary/aromatic N) is 1. The normalized spacial score (nSPS) is 18.1. The molecule has 0 heterocycles. The Morgan fingerprint density at radius 1 is 1.31 bits per heavy atom. The Morgan fingerprint density at radius 2 is 2.04 bits per heavy atom. The minimum absolute atomic E-state index is 0.0670. The molecule has 0 spiro atoms. The maximum absolute atomic E-state index is 11.5. The van der Waals surface area contributed by atoms with Crippen LogP contribution in [0, 0.1) is 16.5 Å². The summed E-state index contributed by atoms with van der Waals surface area (Å²) in [5, 5.41) is 29.3. The molecule has 1 aromatic carbocycles. The molecule has 2 N–H and O–H groups in total. The van der Waals surface area contributed by atoms with E-state index in [2.05, 4.69) is 13.0 Å². The fraction of sp³-hybridized carbons (Fsp3) is 0.526. The van der Waals surface area contributed by atoms with E-state index in [0.717, 1.165) is 42.3 Å². The van der Waals surface area contributed by atoms with Gasteiger partial charge < -0.3 is 0 Å². The van der Waals surface area contributed by atoms with Crippen molar-refractivity contribution in [2.75, 3.05) is 6.61 Å². The van der Waals surface area contributed by atoms with Gasteiger partial charge in [-0.15, -0.1) is 0 Å². The zero-order chi connectivity index (χ0) is 18.9. The number of allylic oxidation sites excluding steroid dienone is 2. The number of rotatable bonds is 9. The van der Waals surface area contributed by atoms with Crippen LogP contribution in [-0.4, -0.2) is 33.1 Å². The molecule has 0 saturated carbocycles. The summed E-state index contributed by atoms with van der Waals surface area (Å²) in [6, 6.07) is 9.38. The SMILES string of the molecule is CCOC(OC1=C(C#N)CCCC1)C(CC)[Se]c1ccccc1[NH+]([O-])O. The second-order valence-corrected chi connectivity index (χ2v) is 8.72. The van der Waals surface area contributed by atoms with Gasteiger partial charge in [0.05, 0.1) is 0 Å². The first kappa shape index (κ1) is 20.9. The van der Waals surface area contributed by atoms with E-state index in [0.29, 0.717) is 17.9 Å². The van der Waals surface area contributed by atoms with Gasteiger partial charge in [-0.25, -0.2) is 0 Å². The van der Waals surface area contributed by atoms with Crippen LogP contribution in [0.4, 0.5) is 5.69 Å². The first-order valence-electron chi connectivity index (χ1n) is 9.00. The molecular formula is C19H26N2O4Se. The van der Waals surface area contributed by atoms with Gasteiger partial charge in [-0.05, 0) is 0 Å². The van der Waals surface area contributed by atoms with Crippen LogP contribution >= 0.6 is 0 Å². The second kappa shape index (κ2) is 10.7. The van der Waals surface area contributed by atoms with E-state index < -0.39 is 11.5 Å². The van der Waals surface area contributed by atoms with Gasteiger partial charge in [0.15, 0.2) is 0 Å². The van der Waals surface area contributed by atoms with Crippen molar-refractivity contribution in [2.45, 2.75) is 57.1 Å². The summed E-state index contributed by atoms with van der Waals surface area (Å²) < 4.78 is 12.9. The molecule has 142 valence electrons. The van der Waals surface area contributed by atoms with Gasteiger partial charge in [0.1, 0.15) is 0 Å². The molecule has 6 nitrogen and oxygen atoms in total. The minimum atomic E-state index is -0.909. The topological polar surface area (TPSA) is 90.0 Å². The van der Waals surface area contributed by atoms with Crippen LogP contribution in [0.3, 0.4) is 0 Å². The molecule has 0 aromatic heterocycles. The van der Waals surface area contributed by atoms with Gasteiger partial charge in [-0.1, -0.05) is 0 Å². The number of hydrogen-bond donors (Lipinski definition) is 2. The van der Waals surface area contributed by atoms with Crippen molar-refractivity contribution in [3.05, 3.63) is 40.8 Å². The first-order chi connectivity index (χ1) is 12.6. The van der Waals surface area contributed by atoms with Crippen molar-refractivity contribution >= 4 is 25.1 Å². The van der Waals surface area contributed by atoms with E-state index in [9.17, 15) is 15.7 Å². The molecule has 26 heavy (non-hydrogen) atoms. The average Bonchev–Trinajstić information content (AvgIpc) is 2.66. The molecule has 7 heteroatoms. The Kier molecular flexibility index (Phi) is 8.59. The summed E-state index contributed by atoms with van der Waals surface area (Å²) in [5.41, 5.74) is 1.06. The van der Waals surface area contributed by atoms with Gasteiger partial charge >= 0.3 is 161 Å². The molecule has 0 saturated heterocycles. The Labute approximate surface area is 161 Å². The van der Waals surface area contributed by atoms with Gasteiger partial charge in [-0.3, -0.25) is 0 Å². The Morgan fingerprint density at radius 3 is 2.69 bits per heavy atom. The van der Waals surface area contributed by atoms with Gasteiger partial charge in [0.2, 0.25) is 0 Å². The molecule has 3 atom stereocenters. The third-order valence-corrected chi connectivity index (χ3v) is 7.32. The predicted molar refractivity (Wildman–Crippen MR) is 99.3 cm³/mol. The standard InChI is InChI=1S/C19H26N2O4Se/c1-3-17(26-18-12-8-6-10-15(18)21(22)23)19(24-4-2)25-16-11-7-5-9-14(16)13-20/h6,8,10,12,17,19,21-22H,3-5,7,9,11H2,1-2H3. The number of hydrogen-bond acceptors (Lipinski definition) is 5. The summed E-state index contributed by atoms with van der Waals surface area (Å²) in [6.07, 6.45) is 3.91. The average molecular weight is 425 g/mol. The van der Waals surface area contributed by atoms with Crippen LogP contribution in [0.25, 0.3) is 0 Å². The summed E-state index contributed by atoms with van der Waals surface area (Å²) in [4.78, 5) is 0.0670. The Bertz CT molecular complexity index is 657. The molecule has 1 aliphatic carbocycles. The quantitative estimate of drug-likeness (QED) is 0.360. The first-order valence-corrected chi connectivity index (χ1v) is 10.8. The van der Waals surface area contributed by atoms with Crippen molar-refractivity contribution in [1.82, 2.24) is 0 Å². The molecule has 3 unspecified atom stereocenters. The van der Waals surface area contributed by atoms with Gasteiger partial charge in [0.25, 0.3) is 0 Å². The van der Waals surface area contributed by atoms with Crippen LogP contribution in [0.1, 0.15) is 46.0 Å². The zero-order valence-electron chi connectivity index (χ0n) is 15.2. The van der Waals surface area contributed by atoms with Crippen LogP contribution in [0.15, 0.2) is 35.6 Å². The monoisotopic (exact) mass is 426 g/mol. The summed E-state index contributed by atoms with van der Waals surface area (Å²) in [5.74, 6) is 0.748. The van der Waals surface area contributed by atoms with Crippen LogP contribution in [0.5, 0.6) is 0 Å². The molecule has 1 aliphatic rings. The molecule has 1 aromatic rings. The van der Waals surface area contributed by atoms with E-state index in [1.807, 2.05) is 19.1 Å². The Balaban J connectivity index is 2.21. The molecule has 0 fully saturated rings. The number of quaternary nitrogens is 1. The van der Waals surface area contributed by atoms with E-state index in [1.165, 1.54) is 0 Å². The third kappa shape index (κ3) is 5.55. The molecule has 0 aliphatic heterocycles. The molecule has 0 radical (unpaired) electrons. The van der Waals surface area contributed by atoms with E-state index in [1.54, 1.807) is 12.1 Å². The van der Waals surface area contributed by atoms with Crippen molar-refractivity contribution in [3.63, 3.8) is 0 Å². The second-order valence-electron chi connectivity index (χ2n) is 6.03. The van der Waals surface area contributed by atoms with Crippen LogP contribution < -0.4 is 9.69 Å². The summed E-state index contributed by atoms with van der Waals surface area (Å²) in [7, 11) is 0. The molecule has 0 amide bonds. The summed E-state index contributed by atoms with van der Waals surface area (Å²) >= 11 is -0.119. The number of ether oxygens (including phenoxy) is 2. The summed E-state index contributed by atoms with van der Waals surface area (Å²) in [6.45, 7) is 4.49. The van der Waals surface area contributed by atoms with Crippen molar-refractivity contribution in [2.24, 2.45) is 0 Å². The number of nitrogens with one attached hydrogen (secondary N) is 1. The molecule has 0 bridgehead atoms. The molecule has 2 rings (SSSR count). The van der Waals surface area contributed by atoms with Gasteiger partial charge in [0, 0.05) is 0 Å². The maximum atomic E-state index is 11.5. The van der Waals surface area contributed by atoms with Gasteiger partial charge in [-0.2, -0.15) is 0 Å². The van der Waals surface area contributed by atoms with E-state index in [4.69, 9.17) is 9.47 Å². The van der Waals surface area contributed by atoms with Crippen molar-refractivity contribution in [1.29, 1.82) is 5.26 Å². The fourth-order valence-corrected chi connectivity index (χ4v) is 5.36. The number of nitriles is 1. The molecular weight excluding hydrogens is 399 g/mol. The van der Waals surface area contributed by atoms with Crippen molar-refractivity contribution in [3.8, 4) is 6.07 Å². The van der Waals surface area contributed by atoms with E-state index >= 15 is 0 Å². The van der Waals surface area contributed by atoms with E-state index in [-0.39, 0.29) is 19.8 Å². The third-order valence-electron chi connectivity index (χ3n) is 4.24. The van der Waals surface area contributed by atoms with Crippen LogP contribution in [0.2, 0.25) is 4.82 Å². The number of para-hydroxylation sites is 1. The fourth-order valence-electron chi connectivity index (χ4n) is 2.89. The number of benzene rings is 1. The van der Waals surface area contributed by atoms with Crippen molar-refractivity contribution < 1.29 is 19.9 Å². The Hall–Kier alpha value is -1.39. The predicted octanol–water partition coefficient (Wildman–Crippen LogP) is 2.35.